The zero-order valence-corrected chi connectivity index (χ0v) is 21.3. The summed E-state index contributed by atoms with van der Waals surface area (Å²) in [6.45, 7) is 2.91. The number of nitrogens with one attached hydrogen (secondary N) is 1. The maximum atomic E-state index is 13.2. The van der Waals surface area contributed by atoms with Crippen molar-refractivity contribution in [2.75, 3.05) is 37.7 Å². The van der Waals surface area contributed by atoms with Crippen LogP contribution in [0, 0.1) is 3.57 Å². The van der Waals surface area contributed by atoms with E-state index in [9.17, 15) is 14.4 Å². The zero-order valence-electron chi connectivity index (χ0n) is 19.2. The third kappa shape index (κ3) is 3.61. The Bertz CT molecular complexity index is 1300. The number of halogens is 1. The fraction of sp³-hybridized carbons (Fsp3) is 0.296. The van der Waals surface area contributed by atoms with Crippen LogP contribution in [0.4, 0.5) is 5.69 Å². The largest absolute Gasteiger partial charge is 0.339 e. The predicted molar refractivity (Wildman–Crippen MR) is 142 cm³/mol. The highest BCUT2D eigenvalue weighted by Gasteiger charge is 2.50. The van der Waals surface area contributed by atoms with E-state index in [1.807, 2.05) is 24.3 Å². The average Bonchev–Trinajstić information content (AvgIpc) is 3.19. The number of amides is 3. The highest BCUT2D eigenvalue weighted by molar-refractivity contribution is 14.1. The van der Waals surface area contributed by atoms with Gasteiger partial charge in [-0.15, -0.1) is 0 Å². The Morgan fingerprint density at radius 1 is 0.829 bits per heavy atom. The van der Waals surface area contributed by atoms with Gasteiger partial charge in [-0.3, -0.25) is 19.3 Å². The van der Waals surface area contributed by atoms with Crippen LogP contribution < -0.4 is 10.2 Å². The van der Waals surface area contributed by atoms with Gasteiger partial charge >= 0.3 is 0 Å². The molecule has 3 aliphatic rings. The van der Waals surface area contributed by atoms with Crippen molar-refractivity contribution in [3.63, 3.8) is 0 Å². The monoisotopic (exact) mass is 580 g/mol. The third-order valence-electron chi connectivity index (χ3n) is 7.65. The fourth-order valence-electron chi connectivity index (χ4n) is 5.72. The van der Waals surface area contributed by atoms with E-state index in [2.05, 4.69) is 62.0 Å². The molecule has 1 spiro atoms. The van der Waals surface area contributed by atoms with Crippen molar-refractivity contribution >= 4 is 56.8 Å². The number of imide groups is 1. The molecule has 1 N–H and O–H groups in total. The molecule has 35 heavy (non-hydrogen) atoms. The standard InChI is InChI=1S/C27H25IN4O3/c28-19-7-9-20(10-8-19)32-17-29-26(35)27(32)11-13-30(14-12-27)15-16-31-24(33)21-5-1-3-18-4-2-6-22(23(18)21)25(31)34/h1-10H,11-17H2,(H,29,35). The first-order chi connectivity index (χ1) is 17.0. The molecule has 2 saturated heterocycles. The van der Waals surface area contributed by atoms with Crippen molar-refractivity contribution in [1.82, 2.24) is 15.1 Å². The number of benzene rings is 3. The van der Waals surface area contributed by atoms with Gasteiger partial charge in [0.25, 0.3) is 11.8 Å². The van der Waals surface area contributed by atoms with Crippen molar-refractivity contribution in [2.24, 2.45) is 0 Å². The molecule has 3 aromatic rings. The molecule has 3 aromatic carbocycles. The molecule has 0 aliphatic carbocycles. The molecule has 3 heterocycles. The lowest BCUT2D eigenvalue weighted by molar-refractivity contribution is -0.125. The molecule has 0 radical (unpaired) electrons. The van der Waals surface area contributed by atoms with Crippen LogP contribution in [0.1, 0.15) is 33.6 Å². The summed E-state index contributed by atoms with van der Waals surface area (Å²) in [7, 11) is 0. The van der Waals surface area contributed by atoms with Gasteiger partial charge in [-0.2, -0.15) is 0 Å². The maximum absolute atomic E-state index is 13.2. The average molecular weight is 580 g/mol. The van der Waals surface area contributed by atoms with E-state index in [0.29, 0.717) is 43.7 Å². The van der Waals surface area contributed by atoms with Gasteiger partial charge in [0.15, 0.2) is 0 Å². The van der Waals surface area contributed by atoms with Gasteiger partial charge in [-0.05, 0) is 77.2 Å². The Morgan fingerprint density at radius 2 is 1.46 bits per heavy atom. The number of hydrogen-bond donors (Lipinski definition) is 1. The summed E-state index contributed by atoms with van der Waals surface area (Å²) in [6, 6.07) is 19.5. The number of carbonyl (C=O) groups is 3. The van der Waals surface area contributed by atoms with Gasteiger partial charge in [0.05, 0.1) is 6.67 Å². The van der Waals surface area contributed by atoms with Crippen LogP contribution in [-0.2, 0) is 4.79 Å². The van der Waals surface area contributed by atoms with Gasteiger partial charge in [-0.1, -0.05) is 24.3 Å². The van der Waals surface area contributed by atoms with Gasteiger partial charge in [0, 0.05) is 51.9 Å². The number of likely N-dealkylation sites (tertiary alicyclic amines) is 1. The first-order valence-corrected chi connectivity index (χ1v) is 13.0. The summed E-state index contributed by atoms with van der Waals surface area (Å²) in [5.41, 5.74) is 1.68. The topological polar surface area (TPSA) is 73.0 Å². The van der Waals surface area contributed by atoms with Crippen molar-refractivity contribution in [3.8, 4) is 0 Å². The second kappa shape index (κ2) is 8.60. The summed E-state index contributed by atoms with van der Waals surface area (Å²) >= 11 is 2.28. The summed E-state index contributed by atoms with van der Waals surface area (Å²) in [4.78, 5) is 45.1. The van der Waals surface area contributed by atoms with Crippen molar-refractivity contribution in [2.45, 2.75) is 18.4 Å². The molecule has 6 rings (SSSR count). The first-order valence-electron chi connectivity index (χ1n) is 11.9. The van der Waals surface area contributed by atoms with Crippen molar-refractivity contribution < 1.29 is 14.4 Å². The van der Waals surface area contributed by atoms with E-state index >= 15 is 0 Å². The smallest absolute Gasteiger partial charge is 0.261 e. The Balaban J connectivity index is 1.15. The highest BCUT2D eigenvalue weighted by atomic mass is 127. The predicted octanol–water partition coefficient (Wildman–Crippen LogP) is 3.47. The van der Waals surface area contributed by atoms with Gasteiger partial charge < -0.3 is 15.1 Å². The molecule has 0 aromatic heterocycles. The van der Waals surface area contributed by atoms with Crippen LogP contribution in [0.3, 0.4) is 0 Å². The lowest BCUT2D eigenvalue weighted by Gasteiger charge is -2.43. The van der Waals surface area contributed by atoms with Gasteiger partial charge in [0.1, 0.15) is 5.54 Å². The molecule has 2 fully saturated rings. The molecule has 7 nitrogen and oxygen atoms in total. The van der Waals surface area contributed by atoms with Crippen LogP contribution in [0.5, 0.6) is 0 Å². The second-order valence-corrected chi connectivity index (χ2v) is 10.7. The number of piperidine rings is 1. The Hall–Kier alpha value is -2.98. The highest BCUT2D eigenvalue weighted by Crippen LogP contribution is 2.36. The molecule has 3 aliphatic heterocycles. The van der Waals surface area contributed by atoms with E-state index < -0.39 is 5.54 Å². The molecule has 8 heteroatoms. The number of nitrogens with zero attached hydrogens (tertiary/aromatic N) is 3. The van der Waals surface area contributed by atoms with E-state index in [1.165, 1.54) is 4.90 Å². The zero-order chi connectivity index (χ0) is 24.2. The van der Waals surface area contributed by atoms with Gasteiger partial charge in [-0.25, -0.2) is 0 Å². The Kier molecular flexibility index (Phi) is 5.52. The Morgan fingerprint density at radius 3 is 2.09 bits per heavy atom. The van der Waals surface area contributed by atoms with Crippen LogP contribution >= 0.6 is 22.6 Å². The van der Waals surface area contributed by atoms with E-state index in [4.69, 9.17) is 0 Å². The molecule has 0 unspecified atom stereocenters. The number of anilines is 1. The minimum Gasteiger partial charge on any atom is -0.339 e. The fourth-order valence-corrected chi connectivity index (χ4v) is 6.08. The minimum atomic E-state index is -0.547. The van der Waals surface area contributed by atoms with E-state index in [0.717, 1.165) is 33.1 Å². The van der Waals surface area contributed by atoms with Crippen molar-refractivity contribution in [3.05, 3.63) is 75.4 Å². The molecule has 0 saturated carbocycles. The number of rotatable bonds is 4. The second-order valence-electron chi connectivity index (χ2n) is 9.41. The summed E-state index contributed by atoms with van der Waals surface area (Å²) in [6.07, 6.45) is 1.41. The van der Waals surface area contributed by atoms with E-state index in [-0.39, 0.29) is 17.7 Å². The van der Waals surface area contributed by atoms with Gasteiger partial charge in [0.2, 0.25) is 5.91 Å². The number of carbonyl (C=O) groups excluding carboxylic acids is 3. The summed E-state index contributed by atoms with van der Waals surface area (Å²) < 4.78 is 1.16. The van der Waals surface area contributed by atoms with Crippen LogP contribution in [0.2, 0.25) is 0 Å². The van der Waals surface area contributed by atoms with E-state index in [1.54, 1.807) is 12.1 Å². The SMILES string of the molecule is O=C1c2cccc3cccc(c23)C(=O)N1CCN1CCC2(CC1)C(=O)NCN2c1ccc(I)cc1. The van der Waals surface area contributed by atoms with Crippen LogP contribution in [0.25, 0.3) is 10.8 Å². The summed E-state index contributed by atoms with van der Waals surface area (Å²) in [5, 5.41) is 4.71. The molecule has 3 amide bonds. The molecule has 0 atom stereocenters. The maximum Gasteiger partial charge on any atom is 0.261 e. The number of hydrogen-bond acceptors (Lipinski definition) is 5. The molecule has 0 bridgehead atoms. The van der Waals surface area contributed by atoms with Crippen LogP contribution in [0.15, 0.2) is 60.7 Å². The first kappa shape index (κ1) is 22.5. The summed E-state index contributed by atoms with van der Waals surface area (Å²) in [5.74, 6) is -0.373. The minimum absolute atomic E-state index is 0.0850. The lowest BCUT2D eigenvalue weighted by Crippen LogP contribution is -2.57. The molecule has 178 valence electrons. The third-order valence-corrected chi connectivity index (χ3v) is 8.37. The van der Waals surface area contributed by atoms with Crippen LogP contribution in [-0.4, -0.2) is 65.9 Å². The Labute approximate surface area is 217 Å². The quantitative estimate of drug-likeness (QED) is 0.378. The molecular weight excluding hydrogens is 555 g/mol. The lowest BCUT2D eigenvalue weighted by atomic mass is 9.85. The van der Waals surface area contributed by atoms with Crippen molar-refractivity contribution in [1.29, 1.82) is 0 Å². The normalized spacial score (nSPS) is 19.6. The molecular formula is C27H25IN4O3.